The highest BCUT2D eigenvalue weighted by atomic mass is 16.5. The third kappa shape index (κ3) is 3.16. The molecule has 0 aromatic heterocycles. The van der Waals surface area contributed by atoms with E-state index in [-0.39, 0.29) is 0 Å². The molecular formula is C12H24N2O. The lowest BCUT2D eigenvalue weighted by molar-refractivity contribution is 0.176. The van der Waals surface area contributed by atoms with Gasteiger partial charge in [0.2, 0.25) is 0 Å². The molecule has 3 heteroatoms. The summed E-state index contributed by atoms with van der Waals surface area (Å²) in [5.41, 5.74) is 5.81. The number of nitrogens with two attached hydrogens (primary N) is 1. The van der Waals surface area contributed by atoms with E-state index in [4.69, 9.17) is 10.5 Å². The van der Waals surface area contributed by atoms with Gasteiger partial charge in [0.15, 0.2) is 0 Å². The van der Waals surface area contributed by atoms with E-state index >= 15 is 0 Å². The molecule has 88 valence electrons. The molecule has 1 heterocycles. The molecule has 0 aromatic carbocycles. The Morgan fingerprint density at radius 3 is 2.67 bits per heavy atom. The van der Waals surface area contributed by atoms with E-state index in [2.05, 4.69) is 12.2 Å². The van der Waals surface area contributed by atoms with Crippen LogP contribution in [0.1, 0.15) is 26.2 Å². The van der Waals surface area contributed by atoms with Crippen LogP contribution in [-0.4, -0.2) is 32.3 Å². The van der Waals surface area contributed by atoms with Crippen molar-refractivity contribution in [3.63, 3.8) is 0 Å². The second-order valence-electron chi connectivity index (χ2n) is 5.19. The van der Waals surface area contributed by atoms with Gasteiger partial charge >= 0.3 is 0 Å². The van der Waals surface area contributed by atoms with Gasteiger partial charge in [0, 0.05) is 25.1 Å². The first-order valence-corrected chi connectivity index (χ1v) is 6.32. The lowest BCUT2D eigenvalue weighted by atomic mass is 9.98. The quantitative estimate of drug-likeness (QED) is 0.690. The Morgan fingerprint density at radius 1 is 1.33 bits per heavy atom. The van der Waals surface area contributed by atoms with E-state index in [1.807, 2.05) is 0 Å². The minimum absolute atomic E-state index is 0.466. The van der Waals surface area contributed by atoms with Crippen LogP contribution in [0.4, 0.5) is 0 Å². The zero-order valence-electron chi connectivity index (χ0n) is 9.74. The van der Waals surface area contributed by atoms with Gasteiger partial charge in [0.1, 0.15) is 0 Å². The van der Waals surface area contributed by atoms with Crippen LogP contribution in [0.2, 0.25) is 0 Å². The number of rotatable bonds is 6. The minimum Gasteiger partial charge on any atom is -0.381 e. The maximum atomic E-state index is 5.81. The zero-order valence-corrected chi connectivity index (χ0v) is 9.74. The van der Waals surface area contributed by atoms with Crippen LogP contribution in [0, 0.1) is 17.8 Å². The standard InChI is InChI=1S/C12H24N2O/c1-9(10-2-3-10)7-14-12(6-13)11-4-5-15-8-11/h9-12,14H,2-8,13H2,1H3. The molecule has 0 bridgehead atoms. The molecule has 1 aliphatic heterocycles. The molecule has 2 aliphatic rings. The Morgan fingerprint density at radius 2 is 2.13 bits per heavy atom. The van der Waals surface area contributed by atoms with Crippen molar-refractivity contribution >= 4 is 0 Å². The molecule has 0 spiro atoms. The van der Waals surface area contributed by atoms with E-state index < -0.39 is 0 Å². The van der Waals surface area contributed by atoms with E-state index in [0.717, 1.165) is 38.1 Å². The van der Waals surface area contributed by atoms with Crippen molar-refractivity contribution in [3.05, 3.63) is 0 Å². The van der Waals surface area contributed by atoms with Gasteiger partial charge in [0.25, 0.3) is 0 Å². The SMILES string of the molecule is CC(CNC(CN)C1CCOC1)C1CC1. The fourth-order valence-electron chi connectivity index (χ4n) is 2.48. The summed E-state index contributed by atoms with van der Waals surface area (Å²) in [6, 6.07) is 0.466. The molecular weight excluding hydrogens is 188 g/mol. The van der Waals surface area contributed by atoms with Crippen LogP contribution in [0.5, 0.6) is 0 Å². The highest BCUT2D eigenvalue weighted by Gasteiger charge is 2.29. The van der Waals surface area contributed by atoms with Crippen LogP contribution < -0.4 is 11.1 Å². The average Bonchev–Trinajstić information content (AvgIpc) is 2.97. The molecule has 1 saturated heterocycles. The molecule has 15 heavy (non-hydrogen) atoms. The maximum absolute atomic E-state index is 5.81. The van der Waals surface area contributed by atoms with Gasteiger partial charge < -0.3 is 15.8 Å². The van der Waals surface area contributed by atoms with Gasteiger partial charge in [-0.05, 0) is 37.6 Å². The third-order valence-electron chi connectivity index (χ3n) is 3.92. The fraction of sp³-hybridized carbons (Fsp3) is 1.00. The Bertz CT molecular complexity index is 188. The number of nitrogens with one attached hydrogen (secondary N) is 1. The summed E-state index contributed by atoms with van der Waals surface area (Å²) in [5, 5.41) is 3.63. The van der Waals surface area contributed by atoms with Gasteiger partial charge in [-0.2, -0.15) is 0 Å². The predicted molar refractivity (Wildman–Crippen MR) is 61.7 cm³/mol. The summed E-state index contributed by atoms with van der Waals surface area (Å²) >= 11 is 0. The summed E-state index contributed by atoms with van der Waals surface area (Å²) in [4.78, 5) is 0. The highest BCUT2D eigenvalue weighted by molar-refractivity contribution is 4.84. The average molecular weight is 212 g/mol. The second-order valence-corrected chi connectivity index (χ2v) is 5.19. The first-order chi connectivity index (χ1) is 7.31. The van der Waals surface area contributed by atoms with Gasteiger partial charge in [0.05, 0.1) is 6.61 Å². The van der Waals surface area contributed by atoms with Gasteiger partial charge in [-0.1, -0.05) is 6.92 Å². The Labute approximate surface area is 92.7 Å². The topological polar surface area (TPSA) is 47.3 Å². The van der Waals surface area contributed by atoms with E-state index in [1.165, 1.54) is 19.3 Å². The smallest absolute Gasteiger partial charge is 0.0510 e. The summed E-state index contributed by atoms with van der Waals surface area (Å²) in [7, 11) is 0. The third-order valence-corrected chi connectivity index (χ3v) is 3.92. The van der Waals surface area contributed by atoms with Crippen molar-refractivity contribution in [1.29, 1.82) is 0 Å². The lowest BCUT2D eigenvalue weighted by Gasteiger charge is -2.24. The van der Waals surface area contributed by atoms with Crippen molar-refractivity contribution in [1.82, 2.24) is 5.32 Å². The summed E-state index contributed by atoms with van der Waals surface area (Å²) in [5.74, 6) is 2.44. The Kier molecular flexibility index (Phi) is 4.00. The number of hydrogen-bond donors (Lipinski definition) is 2. The molecule has 0 aromatic rings. The molecule has 0 radical (unpaired) electrons. The van der Waals surface area contributed by atoms with Crippen LogP contribution in [-0.2, 0) is 4.74 Å². The molecule has 3 unspecified atom stereocenters. The summed E-state index contributed by atoms with van der Waals surface area (Å²) in [6.45, 7) is 6.03. The molecule has 2 fully saturated rings. The van der Waals surface area contributed by atoms with Crippen molar-refractivity contribution in [3.8, 4) is 0 Å². The number of ether oxygens (including phenoxy) is 1. The normalized spacial score (nSPS) is 30.4. The van der Waals surface area contributed by atoms with Crippen LogP contribution in [0.3, 0.4) is 0 Å². The van der Waals surface area contributed by atoms with Crippen LogP contribution in [0.15, 0.2) is 0 Å². The van der Waals surface area contributed by atoms with Crippen molar-refractivity contribution in [2.75, 3.05) is 26.3 Å². The molecule has 1 saturated carbocycles. The van der Waals surface area contributed by atoms with E-state index in [9.17, 15) is 0 Å². The Hall–Kier alpha value is -0.120. The van der Waals surface area contributed by atoms with Crippen molar-refractivity contribution < 1.29 is 4.74 Å². The molecule has 0 amide bonds. The molecule has 3 atom stereocenters. The largest absolute Gasteiger partial charge is 0.381 e. The Balaban J connectivity index is 1.69. The van der Waals surface area contributed by atoms with Crippen LogP contribution >= 0.6 is 0 Å². The van der Waals surface area contributed by atoms with Crippen LogP contribution in [0.25, 0.3) is 0 Å². The minimum atomic E-state index is 0.466. The number of hydrogen-bond acceptors (Lipinski definition) is 3. The van der Waals surface area contributed by atoms with Crippen molar-refractivity contribution in [2.45, 2.75) is 32.2 Å². The highest BCUT2D eigenvalue weighted by Crippen LogP contribution is 2.36. The fourth-order valence-corrected chi connectivity index (χ4v) is 2.48. The first kappa shape index (κ1) is 11.4. The summed E-state index contributed by atoms with van der Waals surface area (Å²) in [6.07, 6.45) is 4.04. The maximum Gasteiger partial charge on any atom is 0.0510 e. The lowest BCUT2D eigenvalue weighted by Crippen LogP contribution is -2.44. The van der Waals surface area contributed by atoms with E-state index in [1.54, 1.807) is 0 Å². The van der Waals surface area contributed by atoms with Gasteiger partial charge in [-0.25, -0.2) is 0 Å². The van der Waals surface area contributed by atoms with Crippen molar-refractivity contribution in [2.24, 2.45) is 23.5 Å². The van der Waals surface area contributed by atoms with Gasteiger partial charge in [-0.3, -0.25) is 0 Å². The monoisotopic (exact) mass is 212 g/mol. The zero-order chi connectivity index (χ0) is 10.7. The van der Waals surface area contributed by atoms with E-state index in [0.29, 0.717) is 12.0 Å². The van der Waals surface area contributed by atoms with Gasteiger partial charge in [-0.15, -0.1) is 0 Å². The molecule has 3 nitrogen and oxygen atoms in total. The summed E-state index contributed by atoms with van der Waals surface area (Å²) < 4.78 is 5.41. The first-order valence-electron chi connectivity index (χ1n) is 6.32. The second kappa shape index (κ2) is 5.28. The molecule has 1 aliphatic carbocycles. The predicted octanol–water partition coefficient (Wildman–Crippen LogP) is 0.986. The molecule has 2 rings (SSSR count). The molecule has 3 N–H and O–H groups in total.